The first kappa shape index (κ1) is 13.1. The van der Waals surface area contributed by atoms with Crippen LogP contribution < -0.4 is 10.2 Å². The third-order valence-corrected chi connectivity index (χ3v) is 3.60. The number of aromatic nitrogens is 2. The number of nitrogens with zero attached hydrogens (tertiary/aromatic N) is 3. The van der Waals surface area contributed by atoms with Crippen molar-refractivity contribution in [3.8, 4) is 0 Å². The van der Waals surface area contributed by atoms with Crippen LogP contribution in [0.1, 0.15) is 45.4 Å². The van der Waals surface area contributed by atoms with E-state index in [0.717, 1.165) is 18.2 Å². The van der Waals surface area contributed by atoms with E-state index in [2.05, 4.69) is 40.2 Å². The summed E-state index contributed by atoms with van der Waals surface area (Å²) in [7, 11) is 2.09. The van der Waals surface area contributed by atoms with Crippen molar-refractivity contribution in [3.63, 3.8) is 0 Å². The number of anilines is 2. The molecule has 0 bridgehead atoms. The highest BCUT2D eigenvalue weighted by Gasteiger charge is 2.15. The van der Waals surface area contributed by atoms with E-state index < -0.39 is 0 Å². The highest BCUT2D eigenvalue weighted by molar-refractivity contribution is 5.48. The zero-order valence-electron chi connectivity index (χ0n) is 11.5. The van der Waals surface area contributed by atoms with Gasteiger partial charge in [0.2, 0.25) is 0 Å². The van der Waals surface area contributed by atoms with Gasteiger partial charge in [0.15, 0.2) is 0 Å². The fourth-order valence-corrected chi connectivity index (χ4v) is 2.42. The normalized spacial score (nSPS) is 15.9. The van der Waals surface area contributed by atoms with Crippen LogP contribution in [-0.2, 0) is 0 Å². The lowest BCUT2D eigenvalue weighted by Gasteiger charge is -2.19. The van der Waals surface area contributed by atoms with E-state index in [1.54, 1.807) is 6.33 Å². The van der Waals surface area contributed by atoms with Crippen LogP contribution in [0.2, 0.25) is 0 Å². The Morgan fingerprint density at radius 3 is 2.83 bits per heavy atom. The molecule has 0 aromatic carbocycles. The fourth-order valence-electron chi connectivity index (χ4n) is 2.42. The molecule has 0 saturated heterocycles. The molecular weight excluding hydrogens is 224 g/mol. The Bertz CT molecular complexity index is 361. The first-order chi connectivity index (χ1) is 8.79. The summed E-state index contributed by atoms with van der Waals surface area (Å²) < 4.78 is 0. The molecule has 2 rings (SSSR count). The standard InChI is InChI=1S/C14H24N4/c1-3-4-9-18(2)14-10-13(15-11-16-14)17-12-7-5-6-8-12/h10-12H,3-9H2,1-2H3,(H,15,16,17). The maximum atomic E-state index is 4.34. The minimum atomic E-state index is 0.605. The molecule has 1 heterocycles. The maximum absolute atomic E-state index is 4.34. The molecule has 1 fully saturated rings. The first-order valence-corrected chi connectivity index (χ1v) is 7.09. The summed E-state index contributed by atoms with van der Waals surface area (Å²) in [5.41, 5.74) is 0. The van der Waals surface area contributed by atoms with Crippen molar-refractivity contribution in [2.45, 2.75) is 51.5 Å². The van der Waals surface area contributed by atoms with Crippen molar-refractivity contribution in [2.24, 2.45) is 0 Å². The van der Waals surface area contributed by atoms with Crippen LogP contribution in [0.4, 0.5) is 11.6 Å². The van der Waals surface area contributed by atoms with E-state index in [9.17, 15) is 0 Å². The van der Waals surface area contributed by atoms with Crippen molar-refractivity contribution < 1.29 is 0 Å². The smallest absolute Gasteiger partial charge is 0.133 e. The average Bonchev–Trinajstić information content (AvgIpc) is 2.89. The second kappa shape index (κ2) is 6.57. The molecule has 1 aromatic heterocycles. The molecule has 4 nitrogen and oxygen atoms in total. The first-order valence-electron chi connectivity index (χ1n) is 7.09. The topological polar surface area (TPSA) is 41.0 Å². The Morgan fingerprint density at radius 2 is 2.11 bits per heavy atom. The lowest BCUT2D eigenvalue weighted by molar-refractivity contribution is 0.744. The van der Waals surface area contributed by atoms with Gasteiger partial charge in [-0.05, 0) is 19.3 Å². The minimum Gasteiger partial charge on any atom is -0.367 e. The van der Waals surface area contributed by atoms with Gasteiger partial charge in [0.25, 0.3) is 0 Å². The molecule has 0 atom stereocenters. The Balaban J connectivity index is 1.95. The summed E-state index contributed by atoms with van der Waals surface area (Å²) in [5.74, 6) is 1.98. The van der Waals surface area contributed by atoms with Crippen molar-refractivity contribution in [3.05, 3.63) is 12.4 Å². The van der Waals surface area contributed by atoms with Crippen molar-refractivity contribution >= 4 is 11.6 Å². The van der Waals surface area contributed by atoms with Gasteiger partial charge >= 0.3 is 0 Å². The molecule has 18 heavy (non-hydrogen) atoms. The predicted octanol–water partition coefficient (Wildman–Crippen LogP) is 3.07. The van der Waals surface area contributed by atoms with Crippen molar-refractivity contribution in [2.75, 3.05) is 23.8 Å². The second-order valence-electron chi connectivity index (χ2n) is 5.16. The summed E-state index contributed by atoms with van der Waals surface area (Å²) in [6.45, 7) is 3.26. The number of nitrogens with one attached hydrogen (secondary N) is 1. The zero-order valence-corrected chi connectivity index (χ0v) is 11.5. The molecule has 1 aliphatic rings. The summed E-state index contributed by atoms with van der Waals surface area (Å²) in [5, 5.41) is 3.51. The van der Waals surface area contributed by atoms with E-state index >= 15 is 0 Å². The lowest BCUT2D eigenvalue weighted by atomic mass is 10.2. The van der Waals surface area contributed by atoms with E-state index in [1.807, 2.05) is 0 Å². The molecule has 0 spiro atoms. The number of hydrogen-bond donors (Lipinski definition) is 1. The average molecular weight is 248 g/mol. The van der Waals surface area contributed by atoms with Crippen LogP contribution in [0.15, 0.2) is 12.4 Å². The lowest BCUT2D eigenvalue weighted by Crippen LogP contribution is -2.21. The fraction of sp³-hybridized carbons (Fsp3) is 0.714. The largest absolute Gasteiger partial charge is 0.367 e. The van der Waals surface area contributed by atoms with Crippen LogP contribution in [0.5, 0.6) is 0 Å². The third-order valence-electron chi connectivity index (χ3n) is 3.60. The van der Waals surface area contributed by atoms with Gasteiger partial charge in [-0.3, -0.25) is 0 Å². The van der Waals surface area contributed by atoms with E-state index in [0.29, 0.717) is 6.04 Å². The summed E-state index contributed by atoms with van der Waals surface area (Å²) in [6.07, 6.45) is 9.29. The van der Waals surface area contributed by atoms with Crippen LogP contribution in [-0.4, -0.2) is 29.6 Å². The highest BCUT2D eigenvalue weighted by atomic mass is 15.2. The molecule has 1 aromatic rings. The van der Waals surface area contributed by atoms with E-state index in [4.69, 9.17) is 0 Å². The summed E-state index contributed by atoms with van der Waals surface area (Å²) >= 11 is 0. The molecule has 0 aliphatic heterocycles. The molecule has 100 valence electrons. The number of hydrogen-bond acceptors (Lipinski definition) is 4. The number of rotatable bonds is 6. The van der Waals surface area contributed by atoms with Crippen LogP contribution in [0.3, 0.4) is 0 Å². The predicted molar refractivity (Wildman–Crippen MR) is 76.1 cm³/mol. The second-order valence-corrected chi connectivity index (χ2v) is 5.16. The zero-order chi connectivity index (χ0) is 12.8. The van der Waals surface area contributed by atoms with E-state index in [1.165, 1.54) is 38.5 Å². The monoisotopic (exact) mass is 248 g/mol. The molecule has 1 saturated carbocycles. The van der Waals surface area contributed by atoms with Crippen LogP contribution >= 0.6 is 0 Å². The third kappa shape index (κ3) is 3.59. The van der Waals surface area contributed by atoms with E-state index in [-0.39, 0.29) is 0 Å². The Hall–Kier alpha value is -1.32. The Labute approximate surface area is 110 Å². The highest BCUT2D eigenvalue weighted by Crippen LogP contribution is 2.22. The minimum absolute atomic E-state index is 0.605. The van der Waals surface area contributed by atoms with Gasteiger partial charge in [0.1, 0.15) is 18.0 Å². The molecule has 1 aliphatic carbocycles. The molecule has 0 unspecified atom stereocenters. The molecule has 4 heteroatoms. The van der Waals surface area contributed by atoms with Gasteiger partial charge in [-0.25, -0.2) is 9.97 Å². The summed E-state index contributed by atoms with van der Waals surface area (Å²) in [6, 6.07) is 2.67. The Morgan fingerprint density at radius 1 is 1.33 bits per heavy atom. The van der Waals surface area contributed by atoms with Gasteiger partial charge in [0, 0.05) is 25.7 Å². The van der Waals surface area contributed by atoms with Crippen LogP contribution in [0.25, 0.3) is 0 Å². The van der Waals surface area contributed by atoms with Crippen molar-refractivity contribution in [1.82, 2.24) is 9.97 Å². The van der Waals surface area contributed by atoms with Crippen molar-refractivity contribution in [1.29, 1.82) is 0 Å². The van der Waals surface area contributed by atoms with Gasteiger partial charge in [-0.15, -0.1) is 0 Å². The van der Waals surface area contributed by atoms with Gasteiger partial charge < -0.3 is 10.2 Å². The molecule has 1 N–H and O–H groups in total. The number of unbranched alkanes of at least 4 members (excludes halogenated alkanes) is 1. The maximum Gasteiger partial charge on any atom is 0.133 e. The molecular formula is C14H24N4. The SMILES string of the molecule is CCCCN(C)c1cc(NC2CCCC2)ncn1. The molecule has 0 amide bonds. The summed E-state index contributed by atoms with van der Waals surface area (Å²) in [4.78, 5) is 10.9. The molecule has 0 radical (unpaired) electrons. The Kier molecular flexibility index (Phi) is 4.79. The van der Waals surface area contributed by atoms with Crippen LogP contribution in [0, 0.1) is 0 Å². The van der Waals surface area contributed by atoms with Gasteiger partial charge in [-0.1, -0.05) is 26.2 Å². The quantitative estimate of drug-likeness (QED) is 0.840. The van der Waals surface area contributed by atoms with Gasteiger partial charge in [-0.2, -0.15) is 0 Å². The van der Waals surface area contributed by atoms with Gasteiger partial charge in [0.05, 0.1) is 0 Å².